The molecule has 0 spiro atoms. The Bertz CT molecular complexity index is 705. The molecule has 1 saturated heterocycles. The number of carbonyl (C=O) groups is 1. The molecule has 0 saturated carbocycles. The van der Waals surface area contributed by atoms with Crippen LogP contribution in [0, 0.1) is 19.7 Å². The number of hydrogen-bond acceptors (Lipinski definition) is 5. The highest BCUT2D eigenvalue weighted by atomic mass is 32.2. The lowest BCUT2D eigenvalue weighted by atomic mass is 10.2. The van der Waals surface area contributed by atoms with Crippen LogP contribution in [0.2, 0.25) is 0 Å². The zero-order chi connectivity index (χ0) is 17.8. The van der Waals surface area contributed by atoms with Gasteiger partial charge in [-0.3, -0.25) is 9.69 Å². The lowest BCUT2D eigenvalue weighted by molar-refractivity contribution is -0.130. The molecule has 0 bridgehead atoms. The minimum absolute atomic E-state index is 0.131. The van der Waals surface area contributed by atoms with Crippen LogP contribution in [-0.4, -0.2) is 52.8 Å². The van der Waals surface area contributed by atoms with Crippen molar-refractivity contribution in [2.75, 3.05) is 31.9 Å². The Hall–Kier alpha value is -1.86. The first-order valence-corrected chi connectivity index (χ1v) is 9.32. The highest BCUT2D eigenvalue weighted by molar-refractivity contribution is 8.00. The van der Waals surface area contributed by atoms with E-state index in [9.17, 15) is 9.18 Å². The predicted molar refractivity (Wildman–Crippen MR) is 95.0 cm³/mol. The summed E-state index contributed by atoms with van der Waals surface area (Å²) in [6, 6.07) is 6.24. The van der Waals surface area contributed by atoms with E-state index in [2.05, 4.69) is 10.1 Å². The van der Waals surface area contributed by atoms with Crippen molar-refractivity contribution in [1.29, 1.82) is 0 Å². The molecule has 1 aliphatic rings. The lowest BCUT2D eigenvalue weighted by Gasteiger charge is -2.34. The molecule has 2 heterocycles. The Labute approximate surface area is 151 Å². The van der Waals surface area contributed by atoms with Gasteiger partial charge in [-0.2, -0.15) is 0 Å². The summed E-state index contributed by atoms with van der Waals surface area (Å²) in [4.78, 5) is 17.5. The Kier molecular flexibility index (Phi) is 5.75. The third-order valence-electron chi connectivity index (χ3n) is 4.46. The second kappa shape index (κ2) is 8.01. The average Bonchev–Trinajstić information content (AvgIpc) is 2.93. The molecule has 1 aromatic heterocycles. The zero-order valence-electron chi connectivity index (χ0n) is 14.5. The summed E-state index contributed by atoms with van der Waals surface area (Å²) in [6.45, 7) is 7.85. The van der Waals surface area contributed by atoms with E-state index in [0.717, 1.165) is 54.6 Å². The van der Waals surface area contributed by atoms with Crippen LogP contribution in [0.25, 0.3) is 0 Å². The first-order chi connectivity index (χ1) is 12.0. The molecule has 7 heteroatoms. The average molecular weight is 363 g/mol. The molecular formula is C18H22FN3O2S. The smallest absolute Gasteiger partial charge is 0.233 e. The van der Waals surface area contributed by atoms with Crippen LogP contribution in [0.1, 0.15) is 17.0 Å². The van der Waals surface area contributed by atoms with Gasteiger partial charge in [-0.15, -0.1) is 11.8 Å². The second-order valence-corrected chi connectivity index (χ2v) is 7.25. The van der Waals surface area contributed by atoms with Crippen LogP contribution >= 0.6 is 11.8 Å². The summed E-state index contributed by atoms with van der Waals surface area (Å²) in [5.41, 5.74) is 2.08. The summed E-state index contributed by atoms with van der Waals surface area (Å²) < 4.78 is 18.1. The maximum absolute atomic E-state index is 12.9. The Morgan fingerprint density at radius 2 is 1.88 bits per heavy atom. The monoisotopic (exact) mass is 363 g/mol. The van der Waals surface area contributed by atoms with Crippen LogP contribution in [-0.2, 0) is 11.3 Å². The molecule has 0 atom stereocenters. The maximum atomic E-state index is 12.9. The van der Waals surface area contributed by atoms with E-state index >= 15 is 0 Å². The largest absolute Gasteiger partial charge is 0.361 e. The number of benzene rings is 1. The van der Waals surface area contributed by atoms with Crippen molar-refractivity contribution in [1.82, 2.24) is 15.0 Å². The van der Waals surface area contributed by atoms with Crippen LogP contribution in [0.15, 0.2) is 33.7 Å². The molecule has 0 N–H and O–H groups in total. The highest BCUT2D eigenvalue weighted by Crippen LogP contribution is 2.20. The minimum Gasteiger partial charge on any atom is -0.361 e. The van der Waals surface area contributed by atoms with Crippen LogP contribution in [0.5, 0.6) is 0 Å². The summed E-state index contributed by atoms with van der Waals surface area (Å²) in [7, 11) is 0. The minimum atomic E-state index is -0.259. The van der Waals surface area contributed by atoms with Crippen molar-refractivity contribution < 1.29 is 13.7 Å². The Morgan fingerprint density at radius 1 is 1.20 bits per heavy atom. The van der Waals surface area contributed by atoms with Gasteiger partial charge < -0.3 is 9.42 Å². The van der Waals surface area contributed by atoms with E-state index in [1.54, 1.807) is 12.1 Å². The Morgan fingerprint density at radius 3 is 2.48 bits per heavy atom. The molecule has 0 aliphatic carbocycles. The standard InChI is InChI=1S/C18H22FN3O2S/c1-13-17(14(2)24-20-13)11-21-7-9-22(10-8-21)18(23)12-25-16-5-3-15(19)4-6-16/h3-6H,7-12H2,1-2H3. The van der Waals surface area contributed by atoms with E-state index in [1.165, 1.54) is 23.9 Å². The van der Waals surface area contributed by atoms with Crippen molar-refractivity contribution in [3.8, 4) is 0 Å². The van der Waals surface area contributed by atoms with Gasteiger partial charge >= 0.3 is 0 Å². The van der Waals surface area contributed by atoms with E-state index in [0.29, 0.717) is 5.75 Å². The van der Waals surface area contributed by atoms with Crippen molar-refractivity contribution in [3.05, 3.63) is 47.1 Å². The number of nitrogens with zero attached hydrogens (tertiary/aromatic N) is 3. The fourth-order valence-electron chi connectivity index (χ4n) is 2.87. The molecule has 1 fully saturated rings. The summed E-state index contributed by atoms with van der Waals surface area (Å²) in [5, 5.41) is 3.99. The fourth-order valence-corrected chi connectivity index (χ4v) is 3.68. The first kappa shape index (κ1) is 17.9. The fraction of sp³-hybridized carbons (Fsp3) is 0.444. The predicted octanol–water partition coefficient (Wildman–Crippen LogP) is 2.87. The molecule has 1 aliphatic heterocycles. The number of rotatable bonds is 5. The topological polar surface area (TPSA) is 49.6 Å². The molecule has 1 amide bonds. The van der Waals surface area contributed by atoms with Gasteiger partial charge in [0.15, 0.2) is 0 Å². The van der Waals surface area contributed by atoms with Gasteiger partial charge in [-0.05, 0) is 38.1 Å². The van der Waals surface area contributed by atoms with E-state index < -0.39 is 0 Å². The van der Waals surface area contributed by atoms with Gasteiger partial charge in [0.25, 0.3) is 0 Å². The molecule has 2 aromatic rings. The van der Waals surface area contributed by atoms with Crippen molar-refractivity contribution in [2.45, 2.75) is 25.3 Å². The van der Waals surface area contributed by atoms with Crippen molar-refractivity contribution in [3.63, 3.8) is 0 Å². The van der Waals surface area contributed by atoms with Gasteiger partial charge in [-0.25, -0.2) is 4.39 Å². The normalized spacial score (nSPS) is 15.6. The number of aryl methyl sites for hydroxylation is 2. The van der Waals surface area contributed by atoms with Crippen molar-refractivity contribution in [2.24, 2.45) is 0 Å². The molecule has 3 rings (SSSR count). The molecule has 0 radical (unpaired) electrons. The molecule has 0 unspecified atom stereocenters. The number of carbonyl (C=O) groups excluding carboxylic acids is 1. The molecule has 5 nitrogen and oxygen atoms in total. The number of piperazine rings is 1. The summed E-state index contributed by atoms with van der Waals surface area (Å²) >= 11 is 1.45. The third kappa shape index (κ3) is 4.61. The zero-order valence-corrected chi connectivity index (χ0v) is 15.3. The number of amides is 1. The first-order valence-electron chi connectivity index (χ1n) is 8.33. The van der Waals surface area contributed by atoms with Crippen LogP contribution < -0.4 is 0 Å². The summed E-state index contributed by atoms with van der Waals surface area (Å²) in [6.07, 6.45) is 0. The number of hydrogen-bond donors (Lipinski definition) is 0. The highest BCUT2D eigenvalue weighted by Gasteiger charge is 2.22. The molecule has 1 aromatic carbocycles. The number of thioether (sulfide) groups is 1. The van der Waals surface area contributed by atoms with E-state index in [4.69, 9.17) is 4.52 Å². The molecular weight excluding hydrogens is 341 g/mol. The Balaban J connectivity index is 1.45. The van der Waals surface area contributed by atoms with Crippen LogP contribution in [0.3, 0.4) is 0 Å². The van der Waals surface area contributed by atoms with E-state index in [1.807, 2.05) is 18.7 Å². The van der Waals surface area contributed by atoms with Gasteiger partial charge in [0.2, 0.25) is 5.91 Å². The lowest BCUT2D eigenvalue weighted by Crippen LogP contribution is -2.48. The summed E-state index contributed by atoms with van der Waals surface area (Å²) in [5.74, 6) is 1.12. The quantitative estimate of drug-likeness (QED) is 0.765. The maximum Gasteiger partial charge on any atom is 0.233 e. The third-order valence-corrected chi connectivity index (χ3v) is 5.46. The SMILES string of the molecule is Cc1noc(C)c1CN1CCN(C(=O)CSc2ccc(F)cc2)CC1. The van der Waals surface area contributed by atoms with E-state index in [-0.39, 0.29) is 11.7 Å². The second-order valence-electron chi connectivity index (χ2n) is 6.20. The van der Waals surface area contributed by atoms with Crippen molar-refractivity contribution >= 4 is 17.7 Å². The van der Waals surface area contributed by atoms with Gasteiger partial charge in [0.05, 0.1) is 11.4 Å². The van der Waals surface area contributed by atoms with Crippen LogP contribution in [0.4, 0.5) is 4.39 Å². The number of aromatic nitrogens is 1. The van der Waals surface area contributed by atoms with Gasteiger partial charge in [0, 0.05) is 43.2 Å². The molecule has 25 heavy (non-hydrogen) atoms. The van der Waals surface area contributed by atoms with Gasteiger partial charge in [-0.1, -0.05) is 5.16 Å². The molecule has 134 valence electrons. The van der Waals surface area contributed by atoms with Gasteiger partial charge in [0.1, 0.15) is 11.6 Å². The number of halogens is 1.